The number of nitrogens with two attached hydrogens (primary N) is 1. The van der Waals surface area contributed by atoms with Crippen LogP contribution in [-0.2, 0) is 4.74 Å². The molecule has 1 rings (SSSR count). The van der Waals surface area contributed by atoms with E-state index in [0.29, 0.717) is 6.61 Å². The van der Waals surface area contributed by atoms with E-state index in [1.165, 1.54) is 0 Å². The first-order valence-corrected chi connectivity index (χ1v) is 6.85. The fraction of sp³-hybridized carbons (Fsp3) is 0.600. The van der Waals surface area contributed by atoms with Crippen LogP contribution >= 0.6 is 0 Å². The number of nitrogens with one attached hydrogen (secondary N) is 1. The van der Waals surface area contributed by atoms with Gasteiger partial charge in [0.25, 0.3) is 0 Å². The molecule has 0 saturated heterocycles. The number of hydrazine groups is 1. The van der Waals surface area contributed by atoms with Gasteiger partial charge in [-0.05, 0) is 25.8 Å². The predicted octanol–water partition coefficient (Wildman–Crippen LogP) is 2.79. The molecule has 0 spiro atoms. The molecule has 3 N–H and O–H groups in total. The summed E-state index contributed by atoms with van der Waals surface area (Å²) in [4.78, 5) is 0. The zero-order valence-electron chi connectivity index (χ0n) is 12.4. The Bertz CT molecular complexity index is 378. The van der Waals surface area contributed by atoms with Gasteiger partial charge in [-0.15, -0.1) is 0 Å². The number of methoxy groups -OCH3 is 1. The molecule has 0 saturated carbocycles. The van der Waals surface area contributed by atoms with E-state index in [2.05, 4.69) is 19.3 Å². The van der Waals surface area contributed by atoms with Gasteiger partial charge in [-0.3, -0.25) is 5.84 Å². The number of ether oxygens (including phenoxy) is 2. The quantitative estimate of drug-likeness (QED) is 0.561. The molecule has 1 aromatic carbocycles. The third kappa shape index (κ3) is 3.69. The van der Waals surface area contributed by atoms with Crippen molar-refractivity contribution in [1.29, 1.82) is 0 Å². The average molecular weight is 266 g/mol. The van der Waals surface area contributed by atoms with Gasteiger partial charge in [0, 0.05) is 12.7 Å². The Hall–Kier alpha value is -1.10. The van der Waals surface area contributed by atoms with E-state index < -0.39 is 0 Å². The monoisotopic (exact) mass is 266 g/mol. The van der Waals surface area contributed by atoms with Gasteiger partial charge < -0.3 is 9.47 Å². The van der Waals surface area contributed by atoms with Crippen LogP contribution in [0.1, 0.15) is 45.2 Å². The van der Waals surface area contributed by atoms with E-state index in [1.807, 2.05) is 31.2 Å². The molecular formula is C15H26N2O2. The summed E-state index contributed by atoms with van der Waals surface area (Å²) in [6, 6.07) is 7.85. The lowest BCUT2D eigenvalue weighted by molar-refractivity contribution is -0.0306. The number of rotatable bonds is 8. The molecule has 4 nitrogen and oxygen atoms in total. The Morgan fingerprint density at radius 2 is 2.00 bits per heavy atom. The summed E-state index contributed by atoms with van der Waals surface area (Å²) >= 11 is 0. The summed E-state index contributed by atoms with van der Waals surface area (Å²) < 4.78 is 11.5. The third-order valence-electron chi connectivity index (χ3n) is 3.64. The summed E-state index contributed by atoms with van der Waals surface area (Å²) in [5.74, 6) is 6.62. The molecule has 0 radical (unpaired) electrons. The zero-order valence-corrected chi connectivity index (χ0v) is 12.4. The lowest BCUT2D eigenvalue weighted by Gasteiger charge is -2.36. The van der Waals surface area contributed by atoms with Gasteiger partial charge >= 0.3 is 0 Å². The van der Waals surface area contributed by atoms with E-state index in [0.717, 1.165) is 24.2 Å². The van der Waals surface area contributed by atoms with E-state index in [9.17, 15) is 0 Å². The number of hydrogen-bond acceptors (Lipinski definition) is 4. The minimum absolute atomic E-state index is 0.115. The van der Waals surface area contributed by atoms with Gasteiger partial charge in [-0.2, -0.15) is 0 Å². The topological polar surface area (TPSA) is 56.5 Å². The highest BCUT2D eigenvalue weighted by Crippen LogP contribution is 2.35. The third-order valence-corrected chi connectivity index (χ3v) is 3.64. The molecule has 19 heavy (non-hydrogen) atoms. The van der Waals surface area contributed by atoms with Crippen molar-refractivity contribution < 1.29 is 9.47 Å². The zero-order chi connectivity index (χ0) is 14.3. The van der Waals surface area contributed by atoms with Crippen molar-refractivity contribution in [1.82, 2.24) is 5.43 Å². The SMILES string of the molecule is CCCOc1ccccc1C(NN)C(C)(CC)OC. The first-order valence-electron chi connectivity index (χ1n) is 6.85. The Morgan fingerprint density at radius 3 is 2.53 bits per heavy atom. The minimum Gasteiger partial charge on any atom is -0.493 e. The second kappa shape index (κ2) is 7.48. The standard InChI is InChI=1S/C15H26N2O2/c1-5-11-19-13-10-8-7-9-12(13)14(17-16)15(3,6-2)18-4/h7-10,14,17H,5-6,11,16H2,1-4H3. The van der Waals surface area contributed by atoms with Crippen molar-refractivity contribution in [3.05, 3.63) is 29.8 Å². The normalized spacial score (nSPS) is 15.8. The molecule has 0 bridgehead atoms. The second-order valence-corrected chi connectivity index (χ2v) is 4.86. The largest absolute Gasteiger partial charge is 0.493 e. The maximum Gasteiger partial charge on any atom is 0.124 e. The molecule has 0 amide bonds. The first kappa shape index (κ1) is 16.0. The average Bonchev–Trinajstić information content (AvgIpc) is 2.46. The van der Waals surface area contributed by atoms with Crippen molar-refractivity contribution in [2.45, 2.75) is 45.3 Å². The lowest BCUT2D eigenvalue weighted by atomic mass is 9.87. The predicted molar refractivity (Wildman–Crippen MR) is 78.0 cm³/mol. The first-order chi connectivity index (χ1) is 9.12. The fourth-order valence-electron chi connectivity index (χ4n) is 2.12. The Kier molecular flexibility index (Phi) is 6.28. The number of para-hydroxylation sites is 1. The summed E-state index contributed by atoms with van der Waals surface area (Å²) in [6.45, 7) is 6.92. The van der Waals surface area contributed by atoms with Crippen LogP contribution in [0.4, 0.5) is 0 Å². The smallest absolute Gasteiger partial charge is 0.124 e. The highest BCUT2D eigenvalue weighted by Gasteiger charge is 2.34. The van der Waals surface area contributed by atoms with Crippen LogP contribution in [0.25, 0.3) is 0 Å². The minimum atomic E-state index is -0.375. The molecule has 0 heterocycles. The highest BCUT2D eigenvalue weighted by molar-refractivity contribution is 5.37. The Morgan fingerprint density at radius 1 is 1.32 bits per heavy atom. The molecule has 0 aliphatic heterocycles. The van der Waals surface area contributed by atoms with E-state index in [4.69, 9.17) is 15.3 Å². The van der Waals surface area contributed by atoms with Gasteiger partial charge in [0.2, 0.25) is 0 Å². The summed E-state index contributed by atoms with van der Waals surface area (Å²) in [5, 5.41) is 0. The number of benzene rings is 1. The molecule has 4 heteroatoms. The molecule has 0 aliphatic carbocycles. The molecule has 2 atom stereocenters. The van der Waals surface area contributed by atoms with Crippen LogP contribution in [0.3, 0.4) is 0 Å². The second-order valence-electron chi connectivity index (χ2n) is 4.86. The van der Waals surface area contributed by atoms with Gasteiger partial charge in [-0.1, -0.05) is 32.0 Å². The molecule has 108 valence electrons. The molecule has 2 unspecified atom stereocenters. The van der Waals surface area contributed by atoms with Crippen LogP contribution in [-0.4, -0.2) is 19.3 Å². The van der Waals surface area contributed by atoms with Crippen molar-refractivity contribution in [3.63, 3.8) is 0 Å². The summed E-state index contributed by atoms with van der Waals surface area (Å²) in [6.07, 6.45) is 1.82. The van der Waals surface area contributed by atoms with Crippen LogP contribution in [0.5, 0.6) is 5.75 Å². The van der Waals surface area contributed by atoms with Crippen LogP contribution in [0.2, 0.25) is 0 Å². The molecule has 0 aromatic heterocycles. The fourth-order valence-corrected chi connectivity index (χ4v) is 2.12. The Balaban J connectivity index is 3.10. The van der Waals surface area contributed by atoms with Gasteiger partial charge in [0.05, 0.1) is 18.2 Å². The van der Waals surface area contributed by atoms with E-state index in [-0.39, 0.29) is 11.6 Å². The molecular weight excluding hydrogens is 240 g/mol. The van der Waals surface area contributed by atoms with Gasteiger partial charge in [-0.25, -0.2) is 5.43 Å². The lowest BCUT2D eigenvalue weighted by Crippen LogP contribution is -2.45. The van der Waals surface area contributed by atoms with Crippen molar-refractivity contribution >= 4 is 0 Å². The van der Waals surface area contributed by atoms with E-state index in [1.54, 1.807) is 7.11 Å². The summed E-state index contributed by atoms with van der Waals surface area (Å²) in [7, 11) is 1.71. The maximum atomic E-state index is 5.80. The van der Waals surface area contributed by atoms with Crippen molar-refractivity contribution in [2.24, 2.45) is 5.84 Å². The number of hydrogen-bond donors (Lipinski definition) is 2. The Labute approximate surface area is 116 Å². The van der Waals surface area contributed by atoms with Crippen LogP contribution in [0, 0.1) is 0 Å². The van der Waals surface area contributed by atoms with Gasteiger partial charge in [0.15, 0.2) is 0 Å². The van der Waals surface area contributed by atoms with Crippen molar-refractivity contribution in [3.8, 4) is 5.75 Å². The molecule has 0 aliphatic rings. The molecule has 1 aromatic rings. The van der Waals surface area contributed by atoms with E-state index >= 15 is 0 Å². The molecule has 0 fully saturated rings. The van der Waals surface area contributed by atoms with Crippen LogP contribution < -0.4 is 16.0 Å². The van der Waals surface area contributed by atoms with Crippen LogP contribution in [0.15, 0.2) is 24.3 Å². The maximum absolute atomic E-state index is 5.80. The summed E-state index contributed by atoms with van der Waals surface area (Å²) in [5.41, 5.74) is 3.53. The van der Waals surface area contributed by atoms with Gasteiger partial charge in [0.1, 0.15) is 5.75 Å². The highest BCUT2D eigenvalue weighted by atomic mass is 16.5. The van der Waals surface area contributed by atoms with Crippen molar-refractivity contribution in [2.75, 3.05) is 13.7 Å².